The van der Waals surface area contributed by atoms with Gasteiger partial charge < -0.3 is 10.6 Å². The number of aromatic nitrogens is 3. The van der Waals surface area contributed by atoms with Crippen LogP contribution in [0.1, 0.15) is 41.8 Å². The molecule has 106 valence electrons. The molecule has 0 aromatic carbocycles. The highest BCUT2D eigenvalue weighted by Crippen LogP contribution is 2.19. The van der Waals surface area contributed by atoms with E-state index in [2.05, 4.69) is 25.6 Å². The predicted molar refractivity (Wildman–Crippen MR) is 78.8 cm³/mol. The van der Waals surface area contributed by atoms with Crippen molar-refractivity contribution in [3.8, 4) is 0 Å². The number of rotatable bonds is 6. The summed E-state index contributed by atoms with van der Waals surface area (Å²) in [5, 5.41) is 8.77. The van der Waals surface area contributed by atoms with Crippen LogP contribution in [0.25, 0.3) is 0 Å². The van der Waals surface area contributed by atoms with E-state index >= 15 is 0 Å². The van der Waals surface area contributed by atoms with Gasteiger partial charge in [-0.25, -0.2) is 9.97 Å². The first-order chi connectivity index (χ1) is 9.74. The summed E-state index contributed by atoms with van der Waals surface area (Å²) in [5.41, 5.74) is 0.304. The number of hydrogen-bond donors (Lipinski definition) is 2. The van der Waals surface area contributed by atoms with E-state index in [-0.39, 0.29) is 11.9 Å². The summed E-state index contributed by atoms with van der Waals surface area (Å²) < 4.78 is 0. The maximum Gasteiger partial charge on any atom is 0.272 e. The molecule has 0 saturated carbocycles. The van der Waals surface area contributed by atoms with Crippen molar-refractivity contribution >= 4 is 23.1 Å². The molecule has 1 atom stereocenters. The van der Waals surface area contributed by atoms with Crippen molar-refractivity contribution in [2.75, 3.05) is 11.9 Å². The van der Waals surface area contributed by atoms with Crippen LogP contribution in [0.5, 0.6) is 0 Å². The van der Waals surface area contributed by atoms with Crippen molar-refractivity contribution < 1.29 is 4.79 Å². The van der Waals surface area contributed by atoms with Gasteiger partial charge in [-0.3, -0.25) is 9.78 Å². The summed E-state index contributed by atoms with van der Waals surface area (Å²) in [6.07, 6.45) is 5.57. The Bertz CT molecular complexity index is 558. The number of thiazole rings is 1. The number of carbonyl (C=O) groups is 1. The van der Waals surface area contributed by atoms with Crippen molar-refractivity contribution in [1.82, 2.24) is 20.3 Å². The van der Waals surface area contributed by atoms with Gasteiger partial charge >= 0.3 is 0 Å². The number of amides is 1. The zero-order valence-electron chi connectivity index (χ0n) is 11.5. The molecule has 2 N–H and O–H groups in total. The highest BCUT2D eigenvalue weighted by Gasteiger charge is 2.17. The Kier molecular flexibility index (Phi) is 5.00. The minimum atomic E-state index is -0.237. The summed E-state index contributed by atoms with van der Waals surface area (Å²) in [6.45, 7) is 4.70. The maximum atomic E-state index is 12.2. The molecular formula is C13H17N5OS. The van der Waals surface area contributed by atoms with E-state index in [0.29, 0.717) is 11.5 Å². The zero-order valence-corrected chi connectivity index (χ0v) is 12.3. The molecule has 0 bridgehead atoms. The predicted octanol–water partition coefficient (Wildman–Crippen LogP) is 2.25. The Morgan fingerprint density at radius 1 is 1.40 bits per heavy atom. The average Bonchev–Trinajstić information content (AvgIpc) is 2.99. The topological polar surface area (TPSA) is 79.8 Å². The van der Waals surface area contributed by atoms with Crippen LogP contribution in [-0.2, 0) is 0 Å². The summed E-state index contributed by atoms with van der Waals surface area (Å²) in [6, 6.07) is -0.0907. The van der Waals surface area contributed by atoms with Crippen LogP contribution in [0.15, 0.2) is 24.0 Å². The monoisotopic (exact) mass is 291 g/mol. The van der Waals surface area contributed by atoms with Crippen LogP contribution in [-0.4, -0.2) is 27.4 Å². The molecule has 7 heteroatoms. The molecule has 0 fully saturated rings. The summed E-state index contributed by atoms with van der Waals surface area (Å²) in [4.78, 5) is 24.7. The van der Waals surface area contributed by atoms with Crippen LogP contribution in [0, 0.1) is 0 Å². The Morgan fingerprint density at radius 3 is 2.90 bits per heavy atom. The molecule has 0 saturated heterocycles. The van der Waals surface area contributed by atoms with Gasteiger partial charge in [0.15, 0.2) is 0 Å². The minimum absolute atomic E-state index is 0.0907. The molecule has 2 aromatic heterocycles. The van der Waals surface area contributed by atoms with E-state index in [1.807, 2.05) is 19.2 Å². The minimum Gasteiger partial charge on any atom is -0.369 e. The Hall–Kier alpha value is -2.02. The molecule has 0 aliphatic heterocycles. The van der Waals surface area contributed by atoms with Crippen LogP contribution >= 0.6 is 11.3 Å². The highest BCUT2D eigenvalue weighted by atomic mass is 32.1. The molecule has 2 heterocycles. The number of hydrogen-bond acceptors (Lipinski definition) is 6. The molecule has 20 heavy (non-hydrogen) atoms. The van der Waals surface area contributed by atoms with E-state index in [0.717, 1.165) is 18.0 Å². The summed E-state index contributed by atoms with van der Waals surface area (Å²) in [5.74, 6) is 0.363. The zero-order chi connectivity index (χ0) is 14.4. The first kappa shape index (κ1) is 14.4. The van der Waals surface area contributed by atoms with Gasteiger partial charge in [-0.05, 0) is 13.3 Å². The molecule has 6 nitrogen and oxygen atoms in total. The van der Waals surface area contributed by atoms with E-state index < -0.39 is 0 Å². The quantitative estimate of drug-likeness (QED) is 0.853. The second-order valence-electron chi connectivity index (χ2n) is 4.12. The second kappa shape index (κ2) is 6.95. The molecular weight excluding hydrogens is 274 g/mol. The van der Waals surface area contributed by atoms with Crippen molar-refractivity contribution in [3.63, 3.8) is 0 Å². The van der Waals surface area contributed by atoms with Gasteiger partial charge in [0.1, 0.15) is 16.5 Å². The van der Waals surface area contributed by atoms with Gasteiger partial charge in [0.25, 0.3) is 5.91 Å². The molecule has 0 spiro atoms. The first-order valence-electron chi connectivity index (χ1n) is 6.50. The lowest BCUT2D eigenvalue weighted by molar-refractivity contribution is 0.0930. The van der Waals surface area contributed by atoms with Gasteiger partial charge in [-0.1, -0.05) is 6.92 Å². The van der Waals surface area contributed by atoms with Crippen molar-refractivity contribution in [2.45, 2.75) is 26.3 Å². The van der Waals surface area contributed by atoms with Crippen LogP contribution in [0.2, 0.25) is 0 Å². The standard InChI is InChI=1S/C13H17N5OS/c1-3-9(13-16-5-6-20-13)18-12(19)10-7-14-8-11(17-10)15-4-2/h5-9H,3-4H2,1-2H3,(H,15,17)(H,18,19). The van der Waals surface area contributed by atoms with E-state index in [9.17, 15) is 4.79 Å². The number of anilines is 1. The van der Waals surface area contributed by atoms with E-state index in [4.69, 9.17) is 0 Å². The molecule has 0 aliphatic rings. The van der Waals surface area contributed by atoms with Gasteiger partial charge in [0.2, 0.25) is 0 Å². The molecule has 2 rings (SSSR count). The number of nitrogens with one attached hydrogen (secondary N) is 2. The number of nitrogens with zero attached hydrogens (tertiary/aromatic N) is 3. The van der Waals surface area contributed by atoms with E-state index in [1.54, 1.807) is 12.4 Å². The third-order valence-electron chi connectivity index (χ3n) is 2.69. The summed E-state index contributed by atoms with van der Waals surface area (Å²) in [7, 11) is 0. The lowest BCUT2D eigenvalue weighted by Gasteiger charge is -2.14. The SMILES string of the molecule is CCNc1cncc(C(=O)NC(CC)c2nccs2)n1. The van der Waals surface area contributed by atoms with Crippen molar-refractivity contribution in [3.05, 3.63) is 34.7 Å². The Labute approximate surface area is 121 Å². The maximum absolute atomic E-state index is 12.2. The van der Waals surface area contributed by atoms with Crippen molar-refractivity contribution in [2.24, 2.45) is 0 Å². The fourth-order valence-electron chi connectivity index (χ4n) is 1.72. The van der Waals surface area contributed by atoms with Crippen molar-refractivity contribution in [1.29, 1.82) is 0 Å². The lowest BCUT2D eigenvalue weighted by atomic mass is 10.2. The Balaban J connectivity index is 2.09. The Morgan fingerprint density at radius 2 is 2.25 bits per heavy atom. The smallest absolute Gasteiger partial charge is 0.272 e. The second-order valence-corrected chi connectivity index (χ2v) is 5.05. The molecule has 1 amide bonds. The fourth-order valence-corrected chi connectivity index (χ4v) is 2.49. The van der Waals surface area contributed by atoms with Crippen LogP contribution in [0.4, 0.5) is 5.82 Å². The molecule has 2 aromatic rings. The third kappa shape index (κ3) is 3.51. The first-order valence-corrected chi connectivity index (χ1v) is 7.38. The van der Waals surface area contributed by atoms with Crippen LogP contribution < -0.4 is 10.6 Å². The molecule has 0 aliphatic carbocycles. The number of carbonyl (C=O) groups excluding carboxylic acids is 1. The van der Waals surface area contributed by atoms with Crippen LogP contribution in [0.3, 0.4) is 0 Å². The van der Waals surface area contributed by atoms with Gasteiger partial charge in [-0.15, -0.1) is 11.3 Å². The molecule has 0 radical (unpaired) electrons. The van der Waals surface area contributed by atoms with E-state index in [1.165, 1.54) is 17.5 Å². The lowest BCUT2D eigenvalue weighted by Crippen LogP contribution is -2.29. The fraction of sp³-hybridized carbons (Fsp3) is 0.385. The largest absolute Gasteiger partial charge is 0.369 e. The van der Waals surface area contributed by atoms with Gasteiger partial charge in [-0.2, -0.15) is 0 Å². The average molecular weight is 291 g/mol. The van der Waals surface area contributed by atoms with Gasteiger partial charge in [0, 0.05) is 18.1 Å². The third-order valence-corrected chi connectivity index (χ3v) is 3.58. The van der Waals surface area contributed by atoms with Gasteiger partial charge in [0.05, 0.1) is 18.4 Å². The highest BCUT2D eigenvalue weighted by molar-refractivity contribution is 7.09. The summed E-state index contributed by atoms with van der Waals surface area (Å²) >= 11 is 1.53. The normalized spacial score (nSPS) is 11.9. The molecule has 1 unspecified atom stereocenters.